The van der Waals surface area contributed by atoms with Crippen LogP contribution in [0.25, 0.3) is 0 Å². The lowest BCUT2D eigenvalue weighted by molar-refractivity contribution is 0.0517. The van der Waals surface area contributed by atoms with E-state index in [1.165, 1.54) is 0 Å². The highest BCUT2D eigenvalue weighted by molar-refractivity contribution is 5.87. The lowest BCUT2D eigenvalue weighted by Crippen LogP contribution is -2.13. The van der Waals surface area contributed by atoms with E-state index in [-0.39, 0.29) is 12.2 Å². The molecule has 6 heteroatoms. The molecule has 0 saturated heterocycles. The number of hydrogen-bond acceptors (Lipinski definition) is 5. The molecule has 3 rings (SSSR count). The molecule has 0 aliphatic heterocycles. The van der Waals surface area contributed by atoms with Crippen molar-refractivity contribution in [3.8, 4) is 6.07 Å². The number of nitrogens with zero attached hydrogens (tertiary/aromatic N) is 3. The molecule has 6 nitrogen and oxygen atoms in total. The van der Waals surface area contributed by atoms with Gasteiger partial charge in [-0.05, 0) is 43.5 Å². The van der Waals surface area contributed by atoms with E-state index in [4.69, 9.17) is 10.00 Å². The van der Waals surface area contributed by atoms with Crippen molar-refractivity contribution in [1.82, 2.24) is 9.78 Å². The summed E-state index contributed by atoms with van der Waals surface area (Å²) in [5.74, 6) is -0.0418. The molecule has 1 aliphatic rings. The van der Waals surface area contributed by atoms with Gasteiger partial charge in [0, 0.05) is 11.6 Å². The normalized spacial score (nSPS) is 14.9. The predicted octanol–water partition coefficient (Wildman–Crippen LogP) is 2.54. The Bertz CT molecular complexity index is 770. The number of carbonyl (C=O) groups excluding carboxylic acids is 1. The Morgan fingerprint density at radius 2 is 2.17 bits per heavy atom. The monoisotopic (exact) mass is 325 g/mol. The second-order valence-electron chi connectivity index (χ2n) is 5.88. The van der Waals surface area contributed by atoms with Gasteiger partial charge in [0.05, 0.1) is 30.9 Å². The third-order valence-corrected chi connectivity index (χ3v) is 4.06. The summed E-state index contributed by atoms with van der Waals surface area (Å²) in [6, 6.07) is 10.6. The molecule has 0 radical (unpaired) electrons. The van der Waals surface area contributed by atoms with Crippen molar-refractivity contribution in [2.75, 3.05) is 6.61 Å². The molecule has 1 saturated carbocycles. The number of esters is 1. The first kappa shape index (κ1) is 16.2. The van der Waals surface area contributed by atoms with Crippen molar-refractivity contribution in [3.63, 3.8) is 0 Å². The standard InChI is InChI=1S/C18H19N3O3/c1-2-24-18(23)15-9-16(13-7-8-13)21(20-15)11-17(22)14-5-3-12(10-19)4-6-14/h3-6,9,13,17,22H,2,7-8,11H2,1H3. The Labute approximate surface area is 140 Å². The van der Waals surface area contributed by atoms with Crippen LogP contribution in [-0.4, -0.2) is 27.5 Å². The van der Waals surface area contributed by atoms with Gasteiger partial charge in [-0.3, -0.25) is 4.68 Å². The molecule has 0 bridgehead atoms. The second-order valence-corrected chi connectivity index (χ2v) is 5.88. The lowest BCUT2D eigenvalue weighted by Gasteiger charge is -2.13. The molecule has 1 aromatic heterocycles. The van der Waals surface area contributed by atoms with Crippen molar-refractivity contribution in [2.45, 2.75) is 38.3 Å². The first-order chi connectivity index (χ1) is 11.6. The van der Waals surface area contributed by atoms with Crippen LogP contribution in [0.2, 0.25) is 0 Å². The van der Waals surface area contributed by atoms with Gasteiger partial charge in [-0.15, -0.1) is 0 Å². The fraction of sp³-hybridized carbons (Fsp3) is 0.389. The van der Waals surface area contributed by atoms with E-state index in [1.54, 1.807) is 41.9 Å². The summed E-state index contributed by atoms with van der Waals surface area (Å²) in [7, 11) is 0. The summed E-state index contributed by atoms with van der Waals surface area (Å²) in [6.45, 7) is 2.32. The van der Waals surface area contributed by atoms with E-state index in [0.717, 1.165) is 18.5 Å². The molecule has 24 heavy (non-hydrogen) atoms. The van der Waals surface area contributed by atoms with E-state index in [9.17, 15) is 9.90 Å². The van der Waals surface area contributed by atoms with Gasteiger partial charge >= 0.3 is 5.97 Å². The number of carbonyl (C=O) groups is 1. The van der Waals surface area contributed by atoms with Crippen LogP contribution in [0, 0.1) is 11.3 Å². The maximum Gasteiger partial charge on any atom is 0.358 e. The number of benzene rings is 1. The van der Waals surface area contributed by atoms with Crippen molar-refractivity contribution >= 4 is 5.97 Å². The molecule has 1 atom stereocenters. The lowest BCUT2D eigenvalue weighted by atomic mass is 10.1. The number of aromatic nitrogens is 2. The topological polar surface area (TPSA) is 88.1 Å². The van der Waals surface area contributed by atoms with Crippen molar-refractivity contribution in [2.24, 2.45) is 0 Å². The molecule has 1 unspecified atom stereocenters. The van der Waals surface area contributed by atoms with Gasteiger partial charge in [-0.1, -0.05) is 12.1 Å². The molecular formula is C18H19N3O3. The number of rotatable bonds is 6. The number of hydrogen-bond donors (Lipinski definition) is 1. The second kappa shape index (κ2) is 6.85. The summed E-state index contributed by atoms with van der Waals surface area (Å²) in [6.07, 6.45) is 1.38. The van der Waals surface area contributed by atoms with Gasteiger partial charge in [-0.25, -0.2) is 4.79 Å². The van der Waals surface area contributed by atoms with E-state index >= 15 is 0 Å². The fourth-order valence-corrected chi connectivity index (χ4v) is 2.64. The van der Waals surface area contributed by atoms with Gasteiger partial charge in [0.25, 0.3) is 0 Å². The predicted molar refractivity (Wildman–Crippen MR) is 86.3 cm³/mol. The minimum absolute atomic E-state index is 0.261. The minimum atomic E-state index is -0.759. The van der Waals surface area contributed by atoms with E-state index in [0.29, 0.717) is 23.7 Å². The Morgan fingerprint density at radius 1 is 1.46 bits per heavy atom. The first-order valence-electron chi connectivity index (χ1n) is 8.05. The Hall–Kier alpha value is -2.65. The van der Waals surface area contributed by atoms with Crippen LogP contribution < -0.4 is 0 Å². The van der Waals surface area contributed by atoms with Crippen molar-refractivity contribution in [3.05, 3.63) is 52.8 Å². The van der Waals surface area contributed by atoms with E-state index in [1.807, 2.05) is 0 Å². The maximum atomic E-state index is 11.9. The van der Waals surface area contributed by atoms with Gasteiger partial charge in [0.2, 0.25) is 0 Å². The molecule has 124 valence electrons. The first-order valence-corrected chi connectivity index (χ1v) is 8.05. The summed E-state index contributed by atoms with van der Waals surface area (Å²) < 4.78 is 6.70. The number of nitriles is 1. The molecule has 0 spiro atoms. The van der Waals surface area contributed by atoms with Gasteiger partial charge in [-0.2, -0.15) is 10.4 Å². The molecular weight excluding hydrogens is 306 g/mol. The number of aliphatic hydroxyl groups excluding tert-OH is 1. The third kappa shape index (κ3) is 3.47. The molecule has 0 amide bonds. The molecule has 1 N–H and O–H groups in total. The molecule has 1 heterocycles. The Balaban J connectivity index is 1.80. The summed E-state index contributed by atoms with van der Waals surface area (Å²) >= 11 is 0. The van der Waals surface area contributed by atoms with Crippen molar-refractivity contribution in [1.29, 1.82) is 5.26 Å². The molecule has 1 fully saturated rings. The number of ether oxygens (including phenoxy) is 1. The molecule has 1 aliphatic carbocycles. The highest BCUT2D eigenvalue weighted by atomic mass is 16.5. The van der Waals surface area contributed by atoms with Crippen LogP contribution in [0.15, 0.2) is 30.3 Å². The molecule has 1 aromatic carbocycles. The van der Waals surface area contributed by atoms with Crippen molar-refractivity contribution < 1.29 is 14.6 Å². The van der Waals surface area contributed by atoms with Crippen LogP contribution in [0.3, 0.4) is 0 Å². The van der Waals surface area contributed by atoms with E-state index in [2.05, 4.69) is 11.2 Å². The van der Waals surface area contributed by atoms with Crippen LogP contribution in [0.1, 0.15) is 59.1 Å². The highest BCUT2D eigenvalue weighted by Gasteiger charge is 2.30. The minimum Gasteiger partial charge on any atom is -0.461 e. The van der Waals surface area contributed by atoms with Gasteiger partial charge in [0.1, 0.15) is 0 Å². The quantitative estimate of drug-likeness (QED) is 0.825. The SMILES string of the molecule is CCOC(=O)c1cc(C2CC2)n(CC(O)c2ccc(C#N)cc2)n1. The summed E-state index contributed by atoms with van der Waals surface area (Å²) in [5.41, 5.74) is 2.51. The van der Waals surface area contributed by atoms with Crippen LogP contribution in [0.4, 0.5) is 0 Å². The Kier molecular flexibility index (Phi) is 4.63. The van der Waals surface area contributed by atoms with Crippen LogP contribution in [-0.2, 0) is 11.3 Å². The average Bonchev–Trinajstić information content (AvgIpc) is 3.36. The molecule has 2 aromatic rings. The van der Waals surface area contributed by atoms with E-state index < -0.39 is 12.1 Å². The zero-order chi connectivity index (χ0) is 17.1. The van der Waals surface area contributed by atoms with Gasteiger partial charge < -0.3 is 9.84 Å². The average molecular weight is 325 g/mol. The highest BCUT2D eigenvalue weighted by Crippen LogP contribution is 2.40. The number of aliphatic hydroxyl groups is 1. The summed E-state index contributed by atoms with van der Waals surface area (Å²) in [5, 5.41) is 23.6. The smallest absolute Gasteiger partial charge is 0.358 e. The van der Waals surface area contributed by atoms with Crippen LogP contribution >= 0.6 is 0 Å². The van der Waals surface area contributed by atoms with Gasteiger partial charge in [0.15, 0.2) is 5.69 Å². The fourth-order valence-electron chi connectivity index (χ4n) is 2.64. The zero-order valence-electron chi connectivity index (χ0n) is 13.5. The zero-order valence-corrected chi connectivity index (χ0v) is 13.5. The third-order valence-electron chi connectivity index (χ3n) is 4.06. The maximum absolute atomic E-state index is 11.9. The largest absolute Gasteiger partial charge is 0.461 e. The van der Waals surface area contributed by atoms with Crippen LogP contribution in [0.5, 0.6) is 0 Å². The summed E-state index contributed by atoms with van der Waals surface area (Å²) in [4.78, 5) is 11.9. The Morgan fingerprint density at radius 3 is 2.75 bits per heavy atom.